The SMILES string of the molecule is COC(=O)C1=C(Nc2cccc3c2OCO3)C(=O)N(CCO)C1. The molecule has 0 fully saturated rings. The lowest BCUT2D eigenvalue weighted by molar-refractivity contribution is -0.136. The van der Waals surface area contributed by atoms with Gasteiger partial charge in [-0.1, -0.05) is 6.07 Å². The first kappa shape index (κ1) is 15.2. The van der Waals surface area contributed by atoms with Gasteiger partial charge in [-0.05, 0) is 12.1 Å². The van der Waals surface area contributed by atoms with Crippen LogP contribution >= 0.6 is 0 Å². The monoisotopic (exact) mass is 320 g/mol. The summed E-state index contributed by atoms with van der Waals surface area (Å²) in [6.07, 6.45) is 0. The number of carbonyl (C=O) groups is 2. The molecule has 23 heavy (non-hydrogen) atoms. The summed E-state index contributed by atoms with van der Waals surface area (Å²) in [6, 6.07) is 5.22. The molecular formula is C15H16N2O6. The van der Waals surface area contributed by atoms with Crippen LogP contribution in [-0.2, 0) is 14.3 Å². The normalized spacial score (nSPS) is 16.1. The first-order chi connectivity index (χ1) is 11.2. The second-order valence-corrected chi connectivity index (χ2v) is 4.96. The molecule has 2 aliphatic rings. The van der Waals surface area contributed by atoms with E-state index in [4.69, 9.17) is 19.3 Å². The minimum Gasteiger partial charge on any atom is -0.466 e. The number of fused-ring (bicyclic) bond motifs is 1. The quantitative estimate of drug-likeness (QED) is 0.742. The van der Waals surface area contributed by atoms with Crippen molar-refractivity contribution >= 4 is 17.6 Å². The number of aliphatic hydroxyl groups is 1. The van der Waals surface area contributed by atoms with Gasteiger partial charge in [-0.2, -0.15) is 0 Å². The smallest absolute Gasteiger partial charge is 0.337 e. The fourth-order valence-corrected chi connectivity index (χ4v) is 2.51. The lowest BCUT2D eigenvalue weighted by Crippen LogP contribution is -2.31. The Bertz CT molecular complexity index is 685. The average molecular weight is 320 g/mol. The van der Waals surface area contributed by atoms with Crippen molar-refractivity contribution in [3.8, 4) is 11.5 Å². The van der Waals surface area contributed by atoms with E-state index in [1.54, 1.807) is 18.2 Å². The highest BCUT2D eigenvalue weighted by molar-refractivity contribution is 6.08. The zero-order chi connectivity index (χ0) is 16.4. The number of rotatable bonds is 5. The molecular weight excluding hydrogens is 304 g/mol. The molecule has 0 spiro atoms. The lowest BCUT2D eigenvalue weighted by Gasteiger charge is -2.15. The van der Waals surface area contributed by atoms with Crippen LogP contribution in [0.4, 0.5) is 5.69 Å². The Morgan fingerprint density at radius 2 is 2.26 bits per heavy atom. The zero-order valence-corrected chi connectivity index (χ0v) is 12.5. The van der Waals surface area contributed by atoms with Gasteiger partial charge in [0.25, 0.3) is 5.91 Å². The Morgan fingerprint density at radius 3 is 3.00 bits per heavy atom. The van der Waals surface area contributed by atoms with E-state index in [1.165, 1.54) is 12.0 Å². The van der Waals surface area contributed by atoms with E-state index in [2.05, 4.69) is 5.32 Å². The average Bonchev–Trinajstić information content (AvgIpc) is 3.15. The minimum atomic E-state index is -0.592. The van der Waals surface area contributed by atoms with E-state index in [1.807, 2.05) is 0 Å². The van der Waals surface area contributed by atoms with Gasteiger partial charge in [0.05, 0.1) is 31.5 Å². The Labute approximate surface area is 132 Å². The highest BCUT2D eigenvalue weighted by atomic mass is 16.7. The molecule has 2 heterocycles. The maximum absolute atomic E-state index is 12.4. The summed E-state index contributed by atoms with van der Waals surface area (Å²) in [7, 11) is 1.25. The standard InChI is InChI=1S/C15H16N2O6/c1-21-15(20)9-7-17(5-6-18)14(19)12(9)16-10-3-2-4-11-13(10)23-8-22-11/h2-4,16,18H,5-8H2,1H3. The predicted molar refractivity (Wildman–Crippen MR) is 78.9 cm³/mol. The van der Waals surface area contributed by atoms with Crippen LogP contribution in [0.3, 0.4) is 0 Å². The van der Waals surface area contributed by atoms with Crippen LogP contribution in [0.25, 0.3) is 0 Å². The van der Waals surface area contributed by atoms with Crippen molar-refractivity contribution in [3.63, 3.8) is 0 Å². The topological polar surface area (TPSA) is 97.3 Å². The maximum atomic E-state index is 12.4. The van der Waals surface area contributed by atoms with Gasteiger partial charge >= 0.3 is 5.97 Å². The van der Waals surface area contributed by atoms with Crippen molar-refractivity contribution in [3.05, 3.63) is 29.5 Å². The van der Waals surface area contributed by atoms with Crippen LogP contribution in [0.15, 0.2) is 29.5 Å². The number of para-hydroxylation sites is 1. The van der Waals surface area contributed by atoms with Crippen molar-refractivity contribution in [2.24, 2.45) is 0 Å². The van der Waals surface area contributed by atoms with Crippen molar-refractivity contribution in [2.75, 3.05) is 38.9 Å². The van der Waals surface area contributed by atoms with Crippen LogP contribution in [0.2, 0.25) is 0 Å². The fraction of sp³-hybridized carbons (Fsp3) is 0.333. The molecule has 0 aromatic heterocycles. The molecule has 8 nitrogen and oxygen atoms in total. The van der Waals surface area contributed by atoms with Crippen molar-refractivity contribution in [1.29, 1.82) is 0 Å². The van der Waals surface area contributed by atoms with Gasteiger partial charge in [0.2, 0.25) is 6.79 Å². The number of nitrogens with one attached hydrogen (secondary N) is 1. The number of hydrogen-bond donors (Lipinski definition) is 2. The summed E-state index contributed by atoms with van der Waals surface area (Å²) in [5.41, 5.74) is 0.854. The summed E-state index contributed by atoms with van der Waals surface area (Å²) in [6.45, 7) is 0.129. The van der Waals surface area contributed by atoms with Gasteiger partial charge in [-0.3, -0.25) is 4.79 Å². The molecule has 122 valence electrons. The molecule has 1 aromatic rings. The predicted octanol–water partition coefficient (Wildman–Crippen LogP) is 0.0888. The Morgan fingerprint density at radius 1 is 1.43 bits per heavy atom. The molecule has 0 radical (unpaired) electrons. The minimum absolute atomic E-state index is 0.0841. The molecule has 0 unspecified atom stereocenters. The summed E-state index contributed by atoms with van der Waals surface area (Å²) in [5.74, 6) is 0.0764. The number of hydrogen-bond acceptors (Lipinski definition) is 7. The van der Waals surface area contributed by atoms with Crippen LogP contribution < -0.4 is 14.8 Å². The highest BCUT2D eigenvalue weighted by Gasteiger charge is 2.35. The third kappa shape index (κ3) is 2.68. The number of esters is 1. The van der Waals surface area contributed by atoms with E-state index in [-0.39, 0.29) is 43.7 Å². The van der Waals surface area contributed by atoms with E-state index in [9.17, 15) is 9.59 Å². The molecule has 8 heteroatoms. The number of amides is 1. The number of aliphatic hydroxyl groups excluding tert-OH is 1. The molecule has 0 saturated heterocycles. The molecule has 1 aromatic carbocycles. The van der Waals surface area contributed by atoms with Gasteiger partial charge in [0.15, 0.2) is 11.5 Å². The highest BCUT2D eigenvalue weighted by Crippen LogP contribution is 2.40. The number of methoxy groups -OCH3 is 1. The summed E-state index contributed by atoms with van der Waals surface area (Å²) in [4.78, 5) is 25.7. The first-order valence-electron chi connectivity index (χ1n) is 7.03. The van der Waals surface area contributed by atoms with Gasteiger partial charge in [-0.15, -0.1) is 0 Å². The maximum Gasteiger partial charge on any atom is 0.337 e. The van der Waals surface area contributed by atoms with E-state index in [0.29, 0.717) is 17.2 Å². The number of anilines is 1. The van der Waals surface area contributed by atoms with E-state index in [0.717, 1.165) is 0 Å². The molecule has 0 atom stereocenters. The van der Waals surface area contributed by atoms with Gasteiger partial charge < -0.3 is 29.5 Å². The molecule has 0 saturated carbocycles. The first-order valence-corrected chi connectivity index (χ1v) is 7.03. The van der Waals surface area contributed by atoms with Gasteiger partial charge in [0, 0.05) is 6.54 Å². The molecule has 3 rings (SSSR count). The van der Waals surface area contributed by atoms with Gasteiger partial charge in [-0.25, -0.2) is 4.79 Å². The molecule has 0 aliphatic carbocycles. The second kappa shape index (κ2) is 6.17. The number of nitrogens with zero attached hydrogens (tertiary/aromatic N) is 1. The lowest BCUT2D eigenvalue weighted by atomic mass is 10.2. The Balaban J connectivity index is 1.93. The molecule has 1 amide bonds. The number of β-amino-alcohol motifs (C(OH)–C–C–N with tert-alkyl or cyclic N) is 1. The number of carbonyl (C=O) groups excluding carboxylic acids is 2. The van der Waals surface area contributed by atoms with Crippen molar-refractivity contribution < 1.29 is 28.9 Å². The van der Waals surface area contributed by atoms with E-state index < -0.39 is 5.97 Å². The fourth-order valence-electron chi connectivity index (χ4n) is 2.51. The number of benzene rings is 1. The third-order valence-electron chi connectivity index (χ3n) is 3.61. The molecule has 0 bridgehead atoms. The summed E-state index contributed by atoms with van der Waals surface area (Å²) < 4.78 is 15.4. The van der Waals surface area contributed by atoms with Crippen LogP contribution in [-0.4, -0.2) is 55.5 Å². The largest absolute Gasteiger partial charge is 0.466 e. The Hall–Kier alpha value is -2.74. The van der Waals surface area contributed by atoms with Crippen molar-refractivity contribution in [1.82, 2.24) is 4.90 Å². The van der Waals surface area contributed by atoms with Crippen molar-refractivity contribution in [2.45, 2.75) is 0 Å². The van der Waals surface area contributed by atoms with Gasteiger partial charge in [0.1, 0.15) is 5.70 Å². The molecule has 2 aliphatic heterocycles. The number of ether oxygens (including phenoxy) is 3. The second-order valence-electron chi connectivity index (χ2n) is 4.96. The zero-order valence-electron chi connectivity index (χ0n) is 12.5. The summed E-state index contributed by atoms with van der Waals surface area (Å²) in [5, 5.41) is 12.0. The third-order valence-corrected chi connectivity index (χ3v) is 3.61. The van der Waals surface area contributed by atoms with E-state index >= 15 is 0 Å². The van der Waals surface area contributed by atoms with Crippen LogP contribution in [0.1, 0.15) is 0 Å². The Kier molecular flexibility index (Phi) is 4.07. The molecule has 2 N–H and O–H groups in total. The van der Waals surface area contributed by atoms with Crippen LogP contribution in [0, 0.1) is 0 Å². The van der Waals surface area contributed by atoms with Crippen LogP contribution in [0.5, 0.6) is 11.5 Å². The summed E-state index contributed by atoms with van der Waals surface area (Å²) >= 11 is 0.